The molecule has 136 valence electrons. The molecule has 0 spiro atoms. The first kappa shape index (κ1) is 19.7. The highest BCUT2D eigenvalue weighted by Crippen LogP contribution is 2.22. The molecular formula is C20H22BrN3O2. The average molecular weight is 416 g/mol. The van der Waals surface area contributed by atoms with Crippen LogP contribution in [-0.2, 0) is 13.6 Å². The zero-order valence-electron chi connectivity index (χ0n) is 15.1. The largest absolute Gasteiger partial charge is 1.00 e. The fourth-order valence-corrected chi connectivity index (χ4v) is 2.76. The van der Waals surface area contributed by atoms with Crippen LogP contribution >= 0.6 is 0 Å². The third-order valence-electron chi connectivity index (χ3n) is 4.35. The van der Waals surface area contributed by atoms with E-state index in [1.165, 1.54) is 0 Å². The fourth-order valence-electron chi connectivity index (χ4n) is 2.76. The van der Waals surface area contributed by atoms with Gasteiger partial charge in [-0.25, -0.2) is 9.13 Å². The molecule has 2 N–H and O–H groups in total. The first-order valence-electron chi connectivity index (χ1n) is 8.08. The molecule has 5 nitrogen and oxygen atoms in total. The van der Waals surface area contributed by atoms with Crippen molar-refractivity contribution in [2.24, 2.45) is 7.05 Å². The zero-order chi connectivity index (χ0) is 18.0. The molecule has 3 rings (SSSR count). The third kappa shape index (κ3) is 3.96. The van der Waals surface area contributed by atoms with Crippen molar-refractivity contribution in [2.75, 3.05) is 12.8 Å². The van der Waals surface area contributed by atoms with E-state index in [2.05, 4.69) is 0 Å². The topological polar surface area (TPSA) is 61.1 Å². The smallest absolute Gasteiger partial charge is 0.355 e. The van der Waals surface area contributed by atoms with Crippen LogP contribution < -0.4 is 32.0 Å². The number of methoxy groups -OCH3 is 1. The van der Waals surface area contributed by atoms with Crippen molar-refractivity contribution in [3.05, 3.63) is 65.9 Å². The molecule has 6 heteroatoms. The maximum absolute atomic E-state index is 12.5. The number of carbonyl (C=O) groups is 1. The highest BCUT2D eigenvalue weighted by molar-refractivity contribution is 5.95. The van der Waals surface area contributed by atoms with Gasteiger partial charge in [0, 0.05) is 11.1 Å². The van der Waals surface area contributed by atoms with E-state index in [1.54, 1.807) is 11.7 Å². The van der Waals surface area contributed by atoms with E-state index in [0.29, 0.717) is 11.5 Å². The Hall–Kier alpha value is -2.60. The van der Waals surface area contributed by atoms with Gasteiger partial charge in [-0.15, -0.1) is 0 Å². The van der Waals surface area contributed by atoms with E-state index >= 15 is 0 Å². The lowest BCUT2D eigenvalue weighted by atomic mass is 10.1. The van der Waals surface area contributed by atoms with Crippen molar-refractivity contribution >= 4 is 11.7 Å². The Morgan fingerprint density at radius 2 is 1.73 bits per heavy atom. The Kier molecular flexibility index (Phi) is 6.21. The molecule has 0 atom stereocenters. The number of hydrogen-bond acceptors (Lipinski definition) is 3. The number of ketones is 1. The first-order chi connectivity index (χ1) is 12.0. The van der Waals surface area contributed by atoms with Crippen LogP contribution in [0.25, 0.3) is 11.3 Å². The van der Waals surface area contributed by atoms with Crippen molar-refractivity contribution in [1.82, 2.24) is 4.57 Å². The number of nitrogen functional groups attached to an aromatic ring is 1. The molecule has 0 aliphatic heterocycles. The summed E-state index contributed by atoms with van der Waals surface area (Å²) in [5.74, 6) is 1.36. The second kappa shape index (κ2) is 8.19. The van der Waals surface area contributed by atoms with Crippen LogP contribution in [0.1, 0.15) is 15.9 Å². The number of halogens is 1. The van der Waals surface area contributed by atoms with E-state index in [0.717, 1.165) is 22.6 Å². The first-order valence-corrected chi connectivity index (χ1v) is 8.08. The van der Waals surface area contributed by atoms with E-state index < -0.39 is 0 Å². The monoisotopic (exact) mass is 415 g/mol. The average Bonchev–Trinajstić information content (AvgIpc) is 2.91. The summed E-state index contributed by atoms with van der Waals surface area (Å²) in [6, 6.07) is 15.3. The number of rotatable bonds is 5. The quantitative estimate of drug-likeness (QED) is 0.462. The van der Waals surface area contributed by atoms with Gasteiger partial charge in [0.05, 0.1) is 14.2 Å². The summed E-state index contributed by atoms with van der Waals surface area (Å²) >= 11 is 0. The normalized spacial score (nSPS) is 10.3. The van der Waals surface area contributed by atoms with Crippen LogP contribution in [0.3, 0.4) is 0 Å². The van der Waals surface area contributed by atoms with Crippen molar-refractivity contribution in [3.8, 4) is 17.0 Å². The highest BCUT2D eigenvalue weighted by atomic mass is 79.9. The van der Waals surface area contributed by atoms with Crippen LogP contribution in [0.15, 0.2) is 54.7 Å². The van der Waals surface area contributed by atoms with Gasteiger partial charge in [0.2, 0.25) is 0 Å². The summed E-state index contributed by atoms with van der Waals surface area (Å²) in [5.41, 5.74) is 9.97. The molecule has 2 aromatic carbocycles. The predicted molar refractivity (Wildman–Crippen MR) is 97.5 cm³/mol. The molecule has 26 heavy (non-hydrogen) atoms. The Labute approximate surface area is 163 Å². The van der Waals surface area contributed by atoms with Crippen molar-refractivity contribution in [1.29, 1.82) is 0 Å². The van der Waals surface area contributed by atoms with E-state index in [1.807, 2.05) is 73.3 Å². The minimum Gasteiger partial charge on any atom is -1.00 e. The summed E-state index contributed by atoms with van der Waals surface area (Å²) in [5, 5.41) is 0. The minimum atomic E-state index is 0. The van der Waals surface area contributed by atoms with Gasteiger partial charge >= 0.3 is 5.95 Å². The SMILES string of the molecule is COc1ccc(-c2c[n+](CC(=O)c3ccc(C)cc3)c(N)n2C)cc1.[Br-]. The molecule has 0 aliphatic carbocycles. The van der Waals surface area contributed by atoms with Gasteiger partial charge in [-0.3, -0.25) is 10.5 Å². The van der Waals surface area contributed by atoms with Gasteiger partial charge < -0.3 is 21.7 Å². The molecule has 3 aromatic rings. The van der Waals surface area contributed by atoms with Gasteiger partial charge in [-0.05, 0) is 31.2 Å². The van der Waals surface area contributed by atoms with E-state index in [9.17, 15) is 4.79 Å². The molecule has 1 heterocycles. The van der Waals surface area contributed by atoms with Crippen molar-refractivity contribution in [3.63, 3.8) is 0 Å². The minimum absolute atomic E-state index is 0. The number of aryl methyl sites for hydroxylation is 1. The molecule has 0 saturated carbocycles. The number of anilines is 1. The third-order valence-corrected chi connectivity index (χ3v) is 4.35. The van der Waals surface area contributed by atoms with Gasteiger partial charge in [-0.2, -0.15) is 0 Å². The number of Topliss-reactive ketones (excluding diaryl/α,β-unsaturated/α-hetero) is 1. The number of nitrogens with two attached hydrogens (primary N) is 1. The van der Waals surface area contributed by atoms with Crippen molar-refractivity contribution < 1.29 is 31.1 Å². The Morgan fingerprint density at radius 3 is 2.31 bits per heavy atom. The Balaban J connectivity index is 0.00000243. The maximum Gasteiger partial charge on any atom is 0.355 e. The van der Waals surface area contributed by atoms with E-state index in [-0.39, 0.29) is 29.3 Å². The molecule has 0 saturated heterocycles. The molecule has 0 fully saturated rings. The summed E-state index contributed by atoms with van der Waals surface area (Å²) < 4.78 is 8.85. The van der Waals surface area contributed by atoms with Crippen LogP contribution in [-0.4, -0.2) is 17.5 Å². The summed E-state index contributed by atoms with van der Waals surface area (Å²) in [6.07, 6.45) is 1.91. The van der Waals surface area contributed by atoms with Crippen molar-refractivity contribution in [2.45, 2.75) is 13.5 Å². The number of carbonyl (C=O) groups excluding carboxylic acids is 1. The number of hydrogen-bond donors (Lipinski definition) is 1. The predicted octanol–water partition coefficient (Wildman–Crippen LogP) is -0.234. The molecule has 1 aromatic heterocycles. The summed E-state index contributed by atoms with van der Waals surface area (Å²) in [4.78, 5) is 12.5. The molecule has 0 bridgehead atoms. The number of ether oxygens (including phenoxy) is 1. The highest BCUT2D eigenvalue weighted by Gasteiger charge is 2.20. The van der Waals surface area contributed by atoms with Crippen LogP contribution in [0.5, 0.6) is 5.75 Å². The maximum atomic E-state index is 12.5. The van der Waals surface area contributed by atoms with Gasteiger partial charge in [0.25, 0.3) is 0 Å². The lowest BCUT2D eigenvalue weighted by Gasteiger charge is -2.01. The lowest BCUT2D eigenvalue weighted by Crippen LogP contribution is -3.00. The van der Waals surface area contributed by atoms with Crippen LogP contribution in [0, 0.1) is 6.92 Å². The summed E-state index contributed by atoms with van der Waals surface area (Å²) in [7, 11) is 3.53. The van der Waals surface area contributed by atoms with Crippen LogP contribution in [0.4, 0.5) is 5.95 Å². The summed E-state index contributed by atoms with van der Waals surface area (Å²) in [6.45, 7) is 2.21. The van der Waals surface area contributed by atoms with Gasteiger partial charge in [-0.1, -0.05) is 29.8 Å². The second-order valence-electron chi connectivity index (χ2n) is 6.08. The molecule has 0 unspecified atom stereocenters. The standard InChI is InChI=1S/C20H21N3O2.BrH/c1-14-4-6-16(7-5-14)19(24)13-23-12-18(22(2)20(23)21)15-8-10-17(25-3)11-9-15;/h4-12,21H,13H2,1-3H3;1H. The molecule has 0 amide bonds. The number of benzene rings is 2. The van der Waals surface area contributed by atoms with Crippen LogP contribution in [0.2, 0.25) is 0 Å². The Morgan fingerprint density at radius 1 is 1.12 bits per heavy atom. The molecule has 0 aliphatic rings. The molecular weight excluding hydrogens is 394 g/mol. The Bertz CT molecular complexity index is 900. The number of nitrogens with zero attached hydrogens (tertiary/aromatic N) is 2. The van der Waals surface area contributed by atoms with E-state index in [4.69, 9.17) is 10.5 Å². The molecule has 0 radical (unpaired) electrons. The van der Waals surface area contributed by atoms with Gasteiger partial charge in [0.15, 0.2) is 5.78 Å². The zero-order valence-corrected chi connectivity index (χ0v) is 16.7. The number of imidazole rings is 1. The fraction of sp³-hybridized carbons (Fsp3) is 0.200. The van der Waals surface area contributed by atoms with Gasteiger partial charge in [0.1, 0.15) is 24.2 Å². The second-order valence-corrected chi connectivity index (χ2v) is 6.08. The number of aromatic nitrogens is 2. The lowest BCUT2D eigenvalue weighted by molar-refractivity contribution is -0.667.